The zero-order chi connectivity index (χ0) is 25.6. The number of aliphatic hydroxyl groups excluding tert-OH is 1. The number of aliphatic hydroxyl groups is 1. The quantitative estimate of drug-likeness (QED) is 0.439. The first-order valence-corrected chi connectivity index (χ1v) is 13.0. The molecule has 0 aliphatic heterocycles. The topological polar surface area (TPSA) is 99.6 Å². The van der Waals surface area contributed by atoms with Crippen LogP contribution in [-0.2, 0) is 16.4 Å². The van der Waals surface area contributed by atoms with Crippen LogP contribution in [0.3, 0.4) is 0 Å². The van der Waals surface area contributed by atoms with Crippen LogP contribution in [-0.4, -0.2) is 42.8 Å². The first kappa shape index (κ1) is 26.3. The molecule has 0 fully saturated rings. The summed E-state index contributed by atoms with van der Waals surface area (Å²) < 4.78 is 39.1. The van der Waals surface area contributed by atoms with Crippen molar-refractivity contribution in [3.05, 3.63) is 89.5 Å². The molecule has 2 N–H and O–H groups in total. The Balaban J connectivity index is 1.77. The molecule has 1 heterocycles. The van der Waals surface area contributed by atoms with Gasteiger partial charge in [0.15, 0.2) is 9.84 Å². The average Bonchev–Trinajstić information content (AvgIpc) is 2.86. The van der Waals surface area contributed by atoms with E-state index in [2.05, 4.69) is 10.3 Å². The number of carbonyl (C=O) groups is 1. The smallest absolute Gasteiger partial charge is 0.251 e. The maximum Gasteiger partial charge on any atom is 0.251 e. The standard InChI is InChI=1S/C26H30FN3O4S/c1-4-35(33,34)22-11-8-19(9-12-22)24(17-31)29-26(32)20-10-13-25(23(27)15-20)30(18(2)3)16-21-7-5-6-14-28-21/h5-15,18,24,31H,4,16-17H2,1-3H3,(H,29,32)/t24-/m0/s1. The summed E-state index contributed by atoms with van der Waals surface area (Å²) in [5.74, 6) is -1.12. The Bertz CT molecular complexity index is 1250. The van der Waals surface area contributed by atoms with Crippen molar-refractivity contribution in [1.29, 1.82) is 0 Å². The second-order valence-electron chi connectivity index (χ2n) is 8.39. The minimum Gasteiger partial charge on any atom is -0.394 e. The van der Waals surface area contributed by atoms with Gasteiger partial charge >= 0.3 is 0 Å². The maximum atomic E-state index is 15.1. The lowest BCUT2D eigenvalue weighted by atomic mass is 10.1. The first-order valence-electron chi connectivity index (χ1n) is 11.4. The molecule has 186 valence electrons. The van der Waals surface area contributed by atoms with Gasteiger partial charge in [0.1, 0.15) is 5.82 Å². The molecule has 0 aliphatic carbocycles. The number of amides is 1. The fourth-order valence-corrected chi connectivity index (χ4v) is 4.53. The number of nitrogens with one attached hydrogen (secondary N) is 1. The Morgan fingerprint density at radius 1 is 1.11 bits per heavy atom. The molecule has 9 heteroatoms. The fourth-order valence-electron chi connectivity index (χ4n) is 3.64. The molecule has 3 aromatic rings. The van der Waals surface area contributed by atoms with Gasteiger partial charge < -0.3 is 15.3 Å². The summed E-state index contributed by atoms with van der Waals surface area (Å²) in [6, 6.07) is 15.0. The molecular formula is C26H30FN3O4S. The molecule has 35 heavy (non-hydrogen) atoms. The van der Waals surface area contributed by atoms with E-state index in [4.69, 9.17) is 0 Å². The van der Waals surface area contributed by atoms with Gasteiger partial charge in [0, 0.05) is 17.8 Å². The Hall–Kier alpha value is -3.30. The summed E-state index contributed by atoms with van der Waals surface area (Å²) in [5.41, 5.74) is 1.80. The maximum absolute atomic E-state index is 15.1. The van der Waals surface area contributed by atoms with E-state index in [0.717, 1.165) is 5.69 Å². The van der Waals surface area contributed by atoms with E-state index in [1.54, 1.807) is 31.3 Å². The number of anilines is 1. The summed E-state index contributed by atoms with van der Waals surface area (Å²) in [6.45, 7) is 5.47. The number of aromatic nitrogens is 1. The highest BCUT2D eigenvalue weighted by molar-refractivity contribution is 7.91. The van der Waals surface area contributed by atoms with Crippen LogP contribution in [0.25, 0.3) is 0 Å². The molecule has 7 nitrogen and oxygen atoms in total. The van der Waals surface area contributed by atoms with Crippen molar-refractivity contribution in [1.82, 2.24) is 10.3 Å². The van der Waals surface area contributed by atoms with Crippen molar-refractivity contribution in [3.8, 4) is 0 Å². The molecule has 0 spiro atoms. The van der Waals surface area contributed by atoms with Crippen LogP contribution < -0.4 is 10.2 Å². The van der Waals surface area contributed by atoms with Crippen molar-refractivity contribution in [2.45, 2.75) is 44.3 Å². The number of rotatable bonds is 10. The summed E-state index contributed by atoms with van der Waals surface area (Å²) >= 11 is 0. The molecule has 2 aromatic carbocycles. The molecular weight excluding hydrogens is 469 g/mol. The number of hydrogen-bond donors (Lipinski definition) is 2. The van der Waals surface area contributed by atoms with Crippen LogP contribution in [0.15, 0.2) is 71.8 Å². The lowest BCUT2D eigenvalue weighted by Crippen LogP contribution is -2.32. The van der Waals surface area contributed by atoms with E-state index >= 15 is 4.39 Å². The highest BCUT2D eigenvalue weighted by atomic mass is 32.2. The number of benzene rings is 2. The van der Waals surface area contributed by atoms with Crippen molar-refractivity contribution < 1.29 is 22.7 Å². The summed E-state index contributed by atoms with van der Waals surface area (Å²) in [5, 5.41) is 12.5. The molecule has 0 aliphatic rings. The van der Waals surface area contributed by atoms with Crippen LogP contribution in [0.5, 0.6) is 0 Å². The summed E-state index contributed by atoms with van der Waals surface area (Å²) in [6.07, 6.45) is 1.69. The normalized spacial score (nSPS) is 12.4. The monoisotopic (exact) mass is 499 g/mol. The Labute approximate surface area is 205 Å². The molecule has 0 unspecified atom stereocenters. The molecule has 0 saturated heterocycles. The van der Waals surface area contributed by atoms with Gasteiger partial charge in [-0.25, -0.2) is 12.8 Å². The van der Waals surface area contributed by atoms with E-state index in [1.807, 2.05) is 36.9 Å². The highest BCUT2D eigenvalue weighted by Gasteiger charge is 2.20. The number of hydrogen-bond acceptors (Lipinski definition) is 6. The minimum atomic E-state index is -3.36. The van der Waals surface area contributed by atoms with Crippen LogP contribution in [0, 0.1) is 5.82 Å². The molecule has 1 aromatic heterocycles. The predicted molar refractivity (Wildman–Crippen MR) is 133 cm³/mol. The number of pyridine rings is 1. The van der Waals surface area contributed by atoms with Crippen molar-refractivity contribution in [3.63, 3.8) is 0 Å². The number of sulfone groups is 1. The molecule has 0 saturated carbocycles. The lowest BCUT2D eigenvalue weighted by Gasteiger charge is -2.29. The van der Waals surface area contributed by atoms with Crippen molar-refractivity contribution >= 4 is 21.4 Å². The van der Waals surface area contributed by atoms with E-state index in [0.29, 0.717) is 17.8 Å². The van der Waals surface area contributed by atoms with E-state index in [-0.39, 0.29) is 22.3 Å². The van der Waals surface area contributed by atoms with Crippen LogP contribution in [0.2, 0.25) is 0 Å². The van der Waals surface area contributed by atoms with Crippen LogP contribution >= 0.6 is 0 Å². The van der Waals surface area contributed by atoms with Gasteiger partial charge in [-0.3, -0.25) is 9.78 Å². The Kier molecular flexibility index (Phi) is 8.58. The van der Waals surface area contributed by atoms with Gasteiger partial charge in [-0.05, 0) is 61.9 Å². The second-order valence-corrected chi connectivity index (χ2v) is 10.7. The highest BCUT2D eigenvalue weighted by Crippen LogP contribution is 2.25. The van der Waals surface area contributed by atoms with Gasteiger partial charge in [-0.15, -0.1) is 0 Å². The minimum absolute atomic E-state index is 0.00977. The second kappa shape index (κ2) is 11.4. The largest absolute Gasteiger partial charge is 0.394 e. The average molecular weight is 500 g/mol. The molecule has 0 bridgehead atoms. The molecule has 0 radical (unpaired) electrons. The summed E-state index contributed by atoms with van der Waals surface area (Å²) in [7, 11) is -3.36. The zero-order valence-electron chi connectivity index (χ0n) is 20.0. The molecule has 1 amide bonds. The SMILES string of the molecule is CCS(=O)(=O)c1ccc([C@H](CO)NC(=O)c2ccc(N(Cc3ccccn3)C(C)C)c(F)c2)cc1. The van der Waals surface area contributed by atoms with Crippen LogP contribution in [0.4, 0.5) is 10.1 Å². The first-order chi connectivity index (χ1) is 16.7. The third-order valence-corrected chi connectivity index (χ3v) is 7.46. The van der Waals surface area contributed by atoms with Gasteiger partial charge in [-0.2, -0.15) is 0 Å². The Morgan fingerprint density at radius 3 is 2.37 bits per heavy atom. The van der Waals surface area contributed by atoms with Crippen LogP contribution in [0.1, 0.15) is 48.4 Å². The molecule has 1 atom stereocenters. The van der Waals surface area contributed by atoms with Gasteiger partial charge in [0.25, 0.3) is 5.91 Å². The van der Waals surface area contributed by atoms with Crippen molar-refractivity contribution in [2.75, 3.05) is 17.3 Å². The fraction of sp³-hybridized carbons (Fsp3) is 0.308. The number of carbonyl (C=O) groups excluding carboxylic acids is 1. The van der Waals surface area contributed by atoms with Gasteiger partial charge in [0.2, 0.25) is 0 Å². The summed E-state index contributed by atoms with van der Waals surface area (Å²) in [4.78, 5) is 19.2. The molecule has 3 rings (SSSR count). The van der Waals surface area contributed by atoms with E-state index < -0.39 is 34.2 Å². The third-order valence-electron chi connectivity index (χ3n) is 5.71. The van der Waals surface area contributed by atoms with Gasteiger partial charge in [0.05, 0.1) is 41.2 Å². The van der Waals surface area contributed by atoms with Crippen molar-refractivity contribution in [2.24, 2.45) is 0 Å². The Morgan fingerprint density at radius 2 is 1.83 bits per heavy atom. The zero-order valence-corrected chi connectivity index (χ0v) is 20.8. The van der Waals surface area contributed by atoms with E-state index in [1.165, 1.54) is 24.3 Å². The van der Waals surface area contributed by atoms with E-state index in [9.17, 15) is 18.3 Å². The number of halogens is 1. The predicted octanol–water partition coefficient (Wildman–Crippen LogP) is 3.89. The number of nitrogens with zero attached hydrogens (tertiary/aromatic N) is 2. The lowest BCUT2D eigenvalue weighted by molar-refractivity contribution is 0.0915. The third kappa shape index (κ3) is 6.43. The van der Waals surface area contributed by atoms with Gasteiger partial charge in [-0.1, -0.05) is 25.1 Å².